The maximum atomic E-state index is 5.38. The Hall–Kier alpha value is -0.0800. The van der Waals surface area contributed by atoms with Crippen molar-refractivity contribution in [3.63, 3.8) is 0 Å². The zero-order valence-corrected chi connectivity index (χ0v) is 8.36. The predicted molar refractivity (Wildman–Crippen MR) is 51.3 cm³/mol. The molecule has 0 bridgehead atoms. The van der Waals surface area contributed by atoms with Gasteiger partial charge in [-0.3, -0.25) is 0 Å². The lowest BCUT2D eigenvalue weighted by molar-refractivity contribution is 0.0555. The van der Waals surface area contributed by atoms with Crippen LogP contribution in [0.15, 0.2) is 0 Å². The van der Waals surface area contributed by atoms with Crippen LogP contribution in [-0.4, -0.2) is 26.8 Å². The van der Waals surface area contributed by atoms with Gasteiger partial charge in [0, 0.05) is 19.8 Å². The van der Waals surface area contributed by atoms with Crippen LogP contribution in [0.3, 0.4) is 0 Å². The highest BCUT2D eigenvalue weighted by Crippen LogP contribution is 2.43. The number of nitrogens with one attached hydrogen (secondary N) is 1. The van der Waals surface area contributed by atoms with E-state index in [1.165, 1.54) is 32.2 Å². The van der Waals surface area contributed by atoms with E-state index in [-0.39, 0.29) is 0 Å². The first-order chi connectivity index (χ1) is 5.83. The van der Waals surface area contributed by atoms with Crippen molar-refractivity contribution in [2.45, 2.75) is 32.6 Å². The highest BCUT2D eigenvalue weighted by atomic mass is 16.5. The van der Waals surface area contributed by atoms with Gasteiger partial charge in [-0.2, -0.15) is 0 Å². The summed E-state index contributed by atoms with van der Waals surface area (Å²) < 4.78 is 5.38. The summed E-state index contributed by atoms with van der Waals surface area (Å²) >= 11 is 0. The second-order valence-electron chi connectivity index (χ2n) is 3.83. The maximum Gasteiger partial charge on any atom is 0.0471 e. The van der Waals surface area contributed by atoms with E-state index in [0.29, 0.717) is 5.41 Å². The normalized spacial score (nSPS) is 20.5. The van der Waals surface area contributed by atoms with Crippen molar-refractivity contribution < 1.29 is 4.74 Å². The van der Waals surface area contributed by atoms with E-state index in [2.05, 4.69) is 12.2 Å². The van der Waals surface area contributed by atoms with Crippen molar-refractivity contribution in [1.29, 1.82) is 0 Å². The van der Waals surface area contributed by atoms with Gasteiger partial charge in [-0.25, -0.2) is 0 Å². The van der Waals surface area contributed by atoms with E-state index in [0.717, 1.165) is 13.2 Å². The van der Waals surface area contributed by atoms with Gasteiger partial charge in [0.2, 0.25) is 0 Å². The van der Waals surface area contributed by atoms with E-state index in [1.54, 1.807) is 0 Å². The molecule has 0 aromatic rings. The van der Waals surface area contributed by atoms with Gasteiger partial charge in [0.1, 0.15) is 0 Å². The van der Waals surface area contributed by atoms with Crippen LogP contribution in [0.1, 0.15) is 32.6 Å². The Bertz CT molecular complexity index is 121. The fraction of sp³-hybridized carbons (Fsp3) is 1.00. The molecule has 0 unspecified atom stereocenters. The summed E-state index contributed by atoms with van der Waals surface area (Å²) in [4.78, 5) is 0. The van der Waals surface area contributed by atoms with Crippen LogP contribution in [0.2, 0.25) is 0 Å². The van der Waals surface area contributed by atoms with Gasteiger partial charge < -0.3 is 10.1 Å². The SMILES string of the molecule is CCOCCC1(CNC)CCC1. The molecule has 0 heterocycles. The Kier molecular flexibility index (Phi) is 4.02. The fourth-order valence-corrected chi connectivity index (χ4v) is 2.00. The molecule has 2 nitrogen and oxygen atoms in total. The van der Waals surface area contributed by atoms with Crippen molar-refractivity contribution in [3.8, 4) is 0 Å². The molecule has 1 rings (SSSR count). The predicted octanol–water partition coefficient (Wildman–Crippen LogP) is 1.80. The van der Waals surface area contributed by atoms with E-state index in [1.807, 2.05) is 7.05 Å². The molecule has 0 atom stereocenters. The molecule has 0 saturated heterocycles. The molecule has 0 amide bonds. The summed E-state index contributed by atoms with van der Waals surface area (Å²) in [5.41, 5.74) is 0.587. The smallest absolute Gasteiger partial charge is 0.0471 e. The van der Waals surface area contributed by atoms with Gasteiger partial charge in [0.15, 0.2) is 0 Å². The van der Waals surface area contributed by atoms with Gasteiger partial charge >= 0.3 is 0 Å². The Morgan fingerprint density at radius 1 is 1.42 bits per heavy atom. The van der Waals surface area contributed by atoms with Gasteiger partial charge in [-0.05, 0) is 38.6 Å². The minimum Gasteiger partial charge on any atom is -0.382 e. The minimum atomic E-state index is 0.587. The summed E-state index contributed by atoms with van der Waals surface area (Å²) in [5.74, 6) is 0. The molecule has 0 aromatic heterocycles. The Labute approximate surface area is 75.7 Å². The molecule has 0 aromatic carbocycles. The van der Waals surface area contributed by atoms with Gasteiger partial charge in [-0.1, -0.05) is 6.42 Å². The van der Waals surface area contributed by atoms with E-state index < -0.39 is 0 Å². The van der Waals surface area contributed by atoms with Crippen molar-refractivity contribution >= 4 is 0 Å². The largest absolute Gasteiger partial charge is 0.382 e. The molecule has 2 heteroatoms. The van der Waals surface area contributed by atoms with Crippen LogP contribution >= 0.6 is 0 Å². The van der Waals surface area contributed by atoms with Crippen LogP contribution in [0, 0.1) is 5.41 Å². The minimum absolute atomic E-state index is 0.587. The molecule has 1 aliphatic rings. The average molecular weight is 171 g/mol. The summed E-state index contributed by atoms with van der Waals surface area (Å²) in [5, 5.41) is 3.28. The molecule has 1 saturated carbocycles. The molecular formula is C10H21NO. The Morgan fingerprint density at radius 2 is 2.17 bits per heavy atom. The van der Waals surface area contributed by atoms with Crippen molar-refractivity contribution in [3.05, 3.63) is 0 Å². The second-order valence-corrected chi connectivity index (χ2v) is 3.83. The van der Waals surface area contributed by atoms with E-state index in [4.69, 9.17) is 4.74 Å². The zero-order valence-electron chi connectivity index (χ0n) is 8.36. The second kappa shape index (κ2) is 4.83. The lowest BCUT2D eigenvalue weighted by Crippen LogP contribution is -2.39. The first-order valence-corrected chi connectivity index (χ1v) is 5.05. The lowest BCUT2D eigenvalue weighted by atomic mass is 9.67. The average Bonchev–Trinajstić information content (AvgIpc) is 2.00. The highest BCUT2D eigenvalue weighted by molar-refractivity contribution is 4.88. The van der Waals surface area contributed by atoms with Crippen LogP contribution in [0.25, 0.3) is 0 Å². The molecule has 1 fully saturated rings. The number of hydrogen-bond acceptors (Lipinski definition) is 2. The Balaban J connectivity index is 2.15. The van der Waals surface area contributed by atoms with Crippen LogP contribution in [0.5, 0.6) is 0 Å². The summed E-state index contributed by atoms with van der Waals surface area (Å²) in [6.45, 7) is 5.03. The summed E-state index contributed by atoms with van der Waals surface area (Å²) in [6.07, 6.45) is 5.43. The highest BCUT2D eigenvalue weighted by Gasteiger charge is 2.35. The van der Waals surface area contributed by atoms with Crippen LogP contribution in [-0.2, 0) is 4.74 Å². The van der Waals surface area contributed by atoms with E-state index in [9.17, 15) is 0 Å². The third kappa shape index (κ3) is 2.46. The number of rotatable bonds is 6. The molecular weight excluding hydrogens is 150 g/mol. The van der Waals surface area contributed by atoms with Gasteiger partial charge in [0.05, 0.1) is 0 Å². The third-order valence-electron chi connectivity index (χ3n) is 2.95. The monoisotopic (exact) mass is 171 g/mol. The number of hydrogen-bond donors (Lipinski definition) is 1. The zero-order chi connectivity index (χ0) is 8.86. The molecule has 0 radical (unpaired) electrons. The van der Waals surface area contributed by atoms with Crippen molar-refractivity contribution in [2.75, 3.05) is 26.8 Å². The molecule has 12 heavy (non-hydrogen) atoms. The molecule has 72 valence electrons. The standard InChI is InChI=1S/C10H21NO/c1-3-12-8-7-10(9-11-2)5-4-6-10/h11H,3-9H2,1-2H3. The van der Waals surface area contributed by atoms with Gasteiger partial charge in [0.25, 0.3) is 0 Å². The first kappa shape index (κ1) is 10.0. The molecule has 0 spiro atoms. The summed E-state index contributed by atoms with van der Waals surface area (Å²) in [6, 6.07) is 0. The topological polar surface area (TPSA) is 21.3 Å². The molecule has 0 aliphatic heterocycles. The fourth-order valence-electron chi connectivity index (χ4n) is 2.00. The summed E-state index contributed by atoms with van der Waals surface area (Å²) in [7, 11) is 2.04. The van der Waals surface area contributed by atoms with Gasteiger partial charge in [-0.15, -0.1) is 0 Å². The van der Waals surface area contributed by atoms with Crippen LogP contribution < -0.4 is 5.32 Å². The third-order valence-corrected chi connectivity index (χ3v) is 2.95. The molecule has 1 aliphatic carbocycles. The van der Waals surface area contributed by atoms with Crippen molar-refractivity contribution in [1.82, 2.24) is 5.32 Å². The first-order valence-electron chi connectivity index (χ1n) is 5.05. The Morgan fingerprint density at radius 3 is 2.58 bits per heavy atom. The molecule has 1 N–H and O–H groups in total. The quantitative estimate of drug-likeness (QED) is 0.615. The van der Waals surface area contributed by atoms with E-state index >= 15 is 0 Å². The van der Waals surface area contributed by atoms with Crippen molar-refractivity contribution in [2.24, 2.45) is 5.41 Å². The maximum absolute atomic E-state index is 5.38. The lowest BCUT2D eigenvalue weighted by Gasteiger charge is -2.42. The van der Waals surface area contributed by atoms with Crippen LogP contribution in [0.4, 0.5) is 0 Å². The number of ether oxygens (including phenoxy) is 1.